The average Bonchev–Trinajstić information content (AvgIpc) is 1.21. The molecule has 3 N–H and O–H groups in total. The topological polar surface area (TPSA) is 94.8 Å². The van der Waals surface area contributed by atoms with Crippen LogP contribution in [0.4, 0.5) is 0 Å². The molecule has 0 aromatic heterocycles. The fourth-order valence-corrected chi connectivity index (χ4v) is 1.39. The summed E-state index contributed by atoms with van der Waals surface area (Å²) in [4.78, 5) is 24.1. The van der Waals surface area contributed by atoms with Crippen LogP contribution in [0.1, 0.15) is 0 Å². The van der Waals surface area contributed by atoms with Crippen LogP contribution >= 0.6 is 15.6 Å². The van der Waals surface area contributed by atoms with Crippen molar-refractivity contribution in [3.8, 4) is 0 Å². The molecule has 0 bridgehead atoms. The first-order valence-corrected chi connectivity index (χ1v) is 4.79. The van der Waals surface area contributed by atoms with E-state index in [2.05, 4.69) is 0 Å². The van der Waals surface area contributed by atoms with E-state index >= 15 is 0 Å². The summed E-state index contributed by atoms with van der Waals surface area (Å²) >= 11 is 0. The van der Waals surface area contributed by atoms with Gasteiger partial charge in [-0.25, -0.2) is 9.13 Å². The Kier molecular flexibility index (Phi) is 2.74. The summed E-state index contributed by atoms with van der Waals surface area (Å²) in [5, 5.41) is 0. The second-order valence-electron chi connectivity index (χ2n) is 1.17. The monoisotopic (exact) mass is 159 g/mol. The Morgan fingerprint density at radius 3 is 1.62 bits per heavy atom. The molecule has 0 saturated heterocycles. The molecule has 0 atom stereocenters. The van der Waals surface area contributed by atoms with Crippen LogP contribution in [0.25, 0.3) is 0 Å². The molecule has 0 aromatic carbocycles. The Labute approximate surface area is 46.4 Å². The van der Waals surface area contributed by atoms with E-state index in [0.717, 1.165) is 0 Å². The standard InChI is InChI=1S/CH5O5P2/c2-7(3)1-8(4,5)6/h4-6H,1H2/q+1. The zero-order valence-electron chi connectivity index (χ0n) is 3.76. The Hall–Kier alpha value is 0.210. The Morgan fingerprint density at radius 1 is 1.25 bits per heavy atom. The summed E-state index contributed by atoms with van der Waals surface area (Å²) in [6.07, 6.45) is 0. The molecule has 0 spiro atoms. The third-order valence-electron chi connectivity index (χ3n) is 0.305. The van der Waals surface area contributed by atoms with Crippen molar-refractivity contribution in [2.75, 3.05) is 5.90 Å². The molecular formula is CH5O5P2+. The third kappa shape index (κ3) is 6.21. The van der Waals surface area contributed by atoms with E-state index in [9.17, 15) is 9.13 Å². The maximum Gasteiger partial charge on any atom is 0.418 e. The summed E-state index contributed by atoms with van der Waals surface area (Å²) in [5.74, 6) is -0.942. The van der Waals surface area contributed by atoms with Crippen molar-refractivity contribution in [3.05, 3.63) is 0 Å². The van der Waals surface area contributed by atoms with Gasteiger partial charge in [-0.05, 0) is 0 Å². The van der Waals surface area contributed by atoms with E-state index in [-0.39, 0.29) is 0 Å². The lowest BCUT2D eigenvalue weighted by Crippen LogP contribution is -1.87. The summed E-state index contributed by atoms with van der Waals surface area (Å²) in [5.41, 5.74) is 0. The van der Waals surface area contributed by atoms with Gasteiger partial charge in [-0.15, -0.1) is 0 Å². The Balaban J connectivity index is 3.73. The molecule has 0 aromatic rings. The van der Waals surface area contributed by atoms with Crippen LogP contribution in [0.5, 0.6) is 0 Å². The molecule has 0 amide bonds. The van der Waals surface area contributed by atoms with Gasteiger partial charge in [-0.2, -0.15) is 14.7 Å². The maximum atomic E-state index is 9.60. The highest BCUT2D eigenvalue weighted by atomic mass is 31.2. The molecular weight excluding hydrogens is 154 g/mol. The van der Waals surface area contributed by atoms with Gasteiger partial charge in [0.25, 0.3) is 0 Å². The van der Waals surface area contributed by atoms with Crippen LogP contribution in [0, 0.1) is 0 Å². The summed E-state index contributed by atoms with van der Waals surface area (Å²) < 4.78 is 19.2. The summed E-state index contributed by atoms with van der Waals surface area (Å²) in [7, 11) is -6.96. The van der Waals surface area contributed by atoms with Crippen LogP contribution in [0.15, 0.2) is 0 Å². The SMILES string of the molecule is O=P(=O)C[P+](O)(O)O. The van der Waals surface area contributed by atoms with Gasteiger partial charge in [0, 0.05) is 0 Å². The highest BCUT2D eigenvalue weighted by molar-refractivity contribution is 7.67. The average molecular weight is 159 g/mol. The first kappa shape index (κ1) is 8.21. The van der Waals surface area contributed by atoms with E-state index in [1.54, 1.807) is 0 Å². The second kappa shape index (κ2) is 2.67. The normalized spacial score (nSPS) is 11.4. The highest BCUT2D eigenvalue weighted by Gasteiger charge is 2.32. The van der Waals surface area contributed by atoms with E-state index in [1.165, 1.54) is 0 Å². The molecule has 7 heteroatoms. The highest BCUT2D eigenvalue weighted by Crippen LogP contribution is 2.48. The van der Waals surface area contributed by atoms with Crippen molar-refractivity contribution in [2.24, 2.45) is 0 Å². The first-order chi connectivity index (χ1) is 3.42. The molecule has 0 heterocycles. The minimum Gasteiger partial charge on any atom is -0.233 e. The van der Waals surface area contributed by atoms with Crippen LogP contribution in [0.2, 0.25) is 0 Å². The molecule has 0 radical (unpaired) electrons. The molecule has 0 rings (SSSR count). The smallest absolute Gasteiger partial charge is 0.233 e. The lowest BCUT2D eigenvalue weighted by molar-refractivity contribution is 0.336. The van der Waals surface area contributed by atoms with Crippen molar-refractivity contribution < 1.29 is 23.8 Å². The van der Waals surface area contributed by atoms with Gasteiger partial charge in [-0.3, -0.25) is 0 Å². The molecule has 48 valence electrons. The molecule has 0 fully saturated rings. The summed E-state index contributed by atoms with van der Waals surface area (Å²) in [6.45, 7) is 0. The van der Waals surface area contributed by atoms with Gasteiger partial charge >= 0.3 is 15.6 Å². The zero-order chi connectivity index (χ0) is 6.78. The van der Waals surface area contributed by atoms with E-state index in [4.69, 9.17) is 14.7 Å². The fraction of sp³-hybridized carbons (Fsp3) is 1.00. The minimum atomic E-state index is -4.07. The molecule has 0 aliphatic heterocycles. The predicted octanol–water partition coefficient (Wildman–Crippen LogP) is -0.144. The van der Waals surface area contributed by atoms with Crippen LogP contribution in [0.3, 0.4) is 0 Å². The number of hydrogen-bond acceptors (Lipinski definition) is 5. The molecule has 5 nitrogen and oxygen atoms in total. The van der Waals surface area contributed by atoms with Crippen LogP contribution in [-0.2, 0) is 9.13 Å². The molecule has 0 saturated carbocycles. The van der Waals surface area contributed by atoms with Crippen molar-refractivity contribution in [3.63, 3.8) is 0 Å². The van der Waals surface area contributed by atoms with Crippen LogP contribution < -0.4 is 0 Å². The van der Waals surface area contributed by atoms with E-state index in [1.807, 2.05) is 0 Å². The van der Waals surface area contributed by atoms with Gasteiger partial charge < -0.3 is 0 Å². The molecule has 0 aliphatic rings. The van der Waals surface area contributed by atoms with Gasteiger partial charge in [-0.1, -0.05) is 0 Å². The Bertz CT molecular complexity index is 122. The van der Waals surface area contributed by atoms with Crippen molar-refractivity contribution in [2.45, 2.75) is 0 Å². The van der Waals surface area contributed by atoms with Crippen molar-refractivity contribution in [1.82, 2.24) is 0 Å². The van der Waals surface area contributed by atoms with Crippen molar-refractivity contribution >= 4 is 15.6 Å². The molecule has 0 unspecified atom stereocenters. The number of hydrogen-bond donors (Lipinski definition) is 3. The van der Waals surface area contributed by atoms with Gasteiger partial charge in [0.05, 0.1) is 0 Å². The van der Waals surface area contributed by atoms with Gasteiger partial charge in [0.2, 0.25) is 5.90 Å². The van der Waals surface area contributed by atoms with Crippen LogP contribution in [-0.4, -0.2) is 20.6 Å². The predicted molar refractivity (Wildman–Crippen MR) is 26.7 cm³/mol. The third-order valence-corrected chi connectivity index (χ3v) is 2.75. The second-order valence-corrected chi connectivity index (χ2v) is 4.35. The minimum absolute atomic E-state index is 0.942. The Morgan fingerprint density at radius 2 is 1.62 bits per heavy atom. The quantitative estimate of drug-likeness (QED) is 0.487. The van der Waals surface area contributed by atoms with Gasteiger partial charge in [0.1, 0.15) is 0 Å². The van der Waals surface area contributed by atoms with E-state index in [0.29, 0.717) is 0 Å². The van der Waals surface area contributed by atoms with E-state index < -0.39 is 21.5 Å². The van der Waals surface area contributed by atoms with Crippen molar-refractivity contribution in [1.29, 1.82) is 0 Å². The number of rotatable bonds is 2. The maximum absolute atomic E-state index is 9.60. The zero-order valence-corrected chi connectivity index (χ0v) is 5.55. The molecule has 0 aliphatic carbocycles. The summed E-state index contributed by atoms with van der Waals surface area (Å²) in [6, 6.07) is 0. The fourth-order valence-electron chi connectivity index (χ4n) is 0.155. The lowest BCUT2D eigenvalue weighted by atomic mass is 11.9. The molecule has 8 heavy (non-hydrogen) atoms. The first-order valence-electron chi connectivity index (χ1n) is 1.60. The van der Waals surface area contributed by atoms with Gasteiger partial charge in [0.15, 0.2) is 0 Å². The largest absolute Gasteiger partial charge is 0.418 e. The lowest BCUT2D eigenvalue weighted by Gasteiger charge is -1.93.